The van der Waals surface area contributed by atoms with Crippen LogP contribution in [0.3, 0.4) is 0 Å². The largest absolute Gasteiger partial charge is 0.478 e. The summed E-state index contributed by atoms with van der Waals surface area (Å²) in [5.41, 5.74) is 0.392. The molecule has 0 aliphatic heterocycles. The second-order valence-electron chi connectivity index (χ2n) is 2.63. The average Bonchev–Trinajstić information content (AvgIpc) is 2.03. The van der Waals surface area contributed by atoms with Gasteiger partial charge in [0.05, 0.1) is 5.56 Å². The molecule has 0 aliphatic rings. The average molecular weight is 184 g/mol. The maximum Gasteiger partial charge on any atom is 0.335 e. The van der Waals surface area contributed by atoms with Gasteiger partial charge in [-0.3, -0.25) is 0 Å². The zero-order chi connectivity index (χ0) is 9.84. The molecule has 3 nitrogen and oxygen atoms in total. The van der Waals surface area contributed by atoms with Crippen molar-refractivity contribution < 1.29 is 19.4 Å². The fraction of sp³-hybridized carbons (Fsp3) is 0.222. The van der Waals surface area contributed by atoms with Gasteiger partial charge >= 0.3 is 5.97 Å². The topological polar surface area (TPSA) is 57.5 Å². The highest BCUT2D eigenvalue weighted by Gasteiger charge is 2.06. The number of hydrogen-bond donors (Lipinski definition) is 2. The van der Waals surface area contributed by atoms with Crippen LogP contribution in [0.25, 0.3) is 0 Å². The molecule has 1 rings (SSSR count). The van der Waals surface area contributed by atoms with Gasteiger partial charge in [0.25, 0.3) is 0 Å². The summed E-state index contributed by atoms with van der Waals surface area (Å²) in [7, 11) is 0. The Bertz CT molecular complexity index is 323. The van der Waals surface area contributed by atoms with Crippen LogP contribution in [0.2, 0.25) is 0 Å². The number of aliphatic hydroxyl groups excluding tert-OH is 1. The molecule has 0 saturated heterocycles. The third-order valence-corrected chi connectivity index (χ3v) is 1.60. The van der Waals surface area contributed by atoms with Gasteiger partial charge in [-0.1, -0.05) is 0 Å². The Morgan fingerprint density at radius 1 is 1.38 bits per heavy atom. The first-order chi connectivity index (χ1) is 6.13. The highest BCUT2D eigenvalue weighted by molar-refractivity contribution is 5.87. The summed E-state index contributed by atoms with van der Waals surface area (Å²) in [6.07, 6.45) is 0.262. The molecule has 70 valence electrons. The van der Waals surface area contributed by atoms with Gasteiger partial charge in [-0.2, -0.15) is 0 Å². The lowest BCUT2D eigenvalue weighted by atomic mass is 10.1. The molecule has 0 aliphatic carbocycles. The first-order valence-corrected chi connectivity index (χ1v) is 3.77. The zero-order valence-electron chi connectivity index (χ0n) is 6.83. The van der Waals surface area contributed by atoms with Gasteiger partial charge in [-0.15, -0.1) is 0 Å². The standard InChI is InChI=1S/C9H9FO3/c10-8-4-6(1-2-11)3-7(5-8)9(12)13/h3-5,11H,1-2H2,(H,12,13). The van der Waals surface area contributed by atoms with E-state index in [2.05, 4.69) is 0 Å². The van der Waals surface area contributed by atoms with E-state index in [4.69, 9.17) is 10.2 Å². The summed E-state index contributed by atoms with van der Waals surface area (Å²) in [5.74, 6) is -1.76. The third kappa shape index (κ3) is 2.52. The Labute approximate surface area is 74.4 Å². The van der Waals surface area contributed by atoms with Gasteiger partial charge < -0.3 is 10.2 Å². The highest BCUT2D eigenvalue weighted by Crippen LogP contribution is 2.09. The van der Waals surface area contributed by atoms with Gasteiger partial charge in [0.15, 0.2) is 0 Å². The van der Waals surface area contributed by atoms with E-state index in [-0.39, 0.29) is 18.6 Å². The smallest absolute Gasteiger partial charge is 0.335 e. The maximum absolute atomic E-state index is 12.8. The Morgan fingerprint density at radius 3 is 2.62 bits per heavy atom. The number of hydrogen-bond acceptors (Lipinski definition) is 2. The van der Waals surface area contributed by atoms with Crippen LogP contribution in [0.15, 0.2) is 18.2 Å². The lowest BCUT2D eigenvalue weighted by molar-refractivity contribution is 0.0696. The summed E-state index contributed by atoms with van der Waals surface area (Å²) < 4.78 is 12.8. The van der Waals surface area contributed by atoms with Crippen molar-refractivity contribution in [3.63, 3.8) is 0 Å². The number of halogens is 1. The second kappa shape index (κ2) is 4.00. The van der Waals surface area contributed by atoms with E-state index in [1.807, 2.05) is 0 Å². The number of rotatable bonds is 3. The molecule has 1 aromatic rings. The fourth-order valence-corrected chi connectivity index (χ4v) is 1.05. The van der Waals surface area contributed by atoms with E-state index in [0.29, 0.717) is 5.56 Å². The molecule has 4 heteroatoms. The molecule has 0 bridgehead atoms. The van der Waals surface area contributed by atoms with Crippen molar-refractivity contribution >= 4 is 5.97 Å². The number of aliphatic hydroxyl groups is 1. The number of aromatic carboxylic acids is 1. The van der Waals surface area contributed by atoms with Crippen LogP contribution < -0.4 is 0 Å². The molecule has 0 saturated carbocycles. The molecule has 1 aromatic carbocycles. The fourth-order valence-electron chi connectivity index (χ4n) is 1.05. The second-order valence-corrected chi connectivity index (χ2v) is 2.63. The summed E-state index contributed by atoms with van der Waals surface area (Å²) >= 11 is 0. The van der Waals surface area contributed by atoms with Crippen LogP contribution in [-0.2, 0) is 6.42 Å². The van der Waals surface area contributed by atoms with Crippen LogP contribution in [-0.4, -0.2) is 22.8 Å². The van der Waals surface area contributed by atoms with Crippen molar-refractivity contribution in [2.24, 2.45) is 0 Å². The molecule has 13 heavy (non-hydrogen) atoms. The minimum Gasteiger partial charge on any atom is -0.478 e. The summed E-state index contributed by atoms with van der Waals surface area (Å²) in [5, 5.41) is 17.1. The van der Waals surface area contributed by atoms with Crippen molar-refractivity contribution in [2.75, 3.05) is 6.61 Å². The maximum atomic E-state index is 12.8. The molecule has 0 aromatic heterocycles. The zero-order valence-corrected chi connectivity index (χ0v) is 6.83. The monoisotopic (exact) mass is 184 g/mol. The van der Waals surface area contributed by atoms with Crippen LogP contribution >= 0.6 is 0 Å². The molecular weight excluding hydrogens is 175 g/mol. The van der Waals surface area contributed by atoms with Crippen molar-refractivity contribution in [1.29, 1.82) is 0 Å². The van der Waals surface area contributed by atoms with E-state index < -0.39 is 11.8 Å². The third-order valence-electron chi connectivity index (χ3n) is 1.60. The predicted molar refractivity (Wildman–Crippen MR) is 44.1 cm³/mol. The number of benzene rings is 1. The van der Waals surface area contributed by atoms with E-state index in [9.17, 15) is 9.18 Å². The van der Waals surface area contributed by atoms with Crippen molar-refractivity contribution in [3.8, 4) is 0 Å². The van der Waals surface area contributed by atoms with Gasteiger partial charge in [-0.25, -0.2) is 9.18 Å². The molecule has 0 amide bonds. The molecular formula is C9H9FO3. The lowest BCUT2D eigenvalue weighted by Crippen LogP contribution is -2.00. The Kier molecular flexibility index (Phi) is 2.97. The molecule has 0 heterocycles. The predicted octanol–water partition coefficient (Wildman–Crippen LogP) is 1.06. The van der Waals surface area contributed by atoms with E-state index in [0.717, 1.165) is 6.07 Å². The van der Waals surface area contributed by atoms with E-state index >= 15 is 0 Å². The quantitative estimate of drug-likeness (QED) is 0.738. The number of carboxylic acids is 1. The van der Waals surface area contributed by atoms with Crippen LogP contribution in [0, 0.1) is 5.82 Å². The van der Waals surface area contributed by atoms with Crippen molar-refractivity contribution in [3.05, 3.63) is 35.1 Å². The van der Waals surface area contributed by atoms with E-state index in [1.165, 1.54) is 12.1 Å². The van der Waals surface area contributed by atoms with Gasteiger partial charge in [0.2, 0.25) is 0 Å². The van der Waals surface area contributed by atoms with Crippen LogP contribution in [0.5, 0.6) is 0 Å². The summed E-state index contributed by atoms with van der Waals surface area (Å²) in [4.78, 5) is 10.5. The van der Waals surface area contributed by atoms with Gasteiger partial charge in [-0.05, 0) is 30.2 Å². The normalized spacial score (nSPS) is 10.0. The van der Waals surface area contributed by atoms with Crippen LogP contribution in [0.4, 0.5) is 4.39 Å². The number of carboxylic acid groups (broad SMARTS) is 1. The Morgan fingerprint density at radius 2 is 2.08 bits per heavy atom. The first kappa shape index (κ1) is 9.67. The minimum absolute atomic E-state index is 0.0940. The Balaban J connectivity index is 3.03. The minimum atomic E-state index is -1.17. The Hall–Kier alpha value is -1.42. The number of carbonyl (C=O) groups is 1. The first-order valence-electron chi connectivity index (χ1n) is 3.77. The van der Waals surface area contributed by atoms with E-state index in [1.54, 1.807) is 0 Å². The van der Waals surface area contributed by atoms with Crippen molar-refractivity contribution in [1.82, 2.24) is 0 Å². The molecule has 0 fully saturated rings. The van der Waals surface area contributed by atoms with Gasteiger partial charge in [0, 0.05) is 6.61 Å². The lowest BCUT2D eigenvalue weighted by Gasteiger charge is -2.00. The summed E-state index contributed by atoms with van der Waals surface area (Å²) in [6.45, 7) is -0.123. The highest BCUT2D eigenvalue weighted by atomic mass is 19.1. The molecule has 2 N–H and O–H groups in total. The summed E-state index contributed by atoms with van der Waals surface area (Å²) in [6, 6.07) is 3.51. The molecule has 0 atom stereocenters. The van der Waals surface area contributed by atoms with Gasteiger partial charge in [0.1, 0.15) is 5.82 Å². The van der Waals surface area contributed by atoms with Crippen LogP contribution in [0.1, 0.15) is 15.9 Å². The molecule has 0 spiro atoms. The van der Waals surface area contributed by atoms with Crippen molar-refractivity contribution in [2.45, 2.75) is 6.42 Å². The SMILES string of the molecule is O=C(O)c1cc(F)cc(CCO)c1. The molecule has 0 unspecified atom stereocenters. The molecule has 0 radical (unpaired) electrons.